The third kappa shape index (κ3) is 4.93. The highest BCUT2D eigenvalue weighted by atomic mass is 32.2. The monoisotopic (exact) mass is 401 g/mol. The molecule has 1 saturated heterocycles. The average Bonchev–Trinajstić information content (AvgIpc) is 2.52. The van der Waals surface area contributed by atoms with Gasteiger partial charge < -0.3 is 5.32 Å². The van der Waals surface area contributed by atoms with Crippen LogP contribution in [0.15, 0.2) is 29.2 Å². The predicted octanol–water partition coefficient (Wildman–Crippen LogP) is 1.58. The van der Waals surface area contributed by atoms with Gasteiger partial charge >= 0.3 is 6.18 Å². The first-order chi connectivity index (χ1) is 11.4. The van der Waals surface area contributed by atoms with Gasteiger partial charge in [0.15, 0.2) is 9.84 Å². The van der Waals surface area contributed by atoms with Crippen LogP contribution >= 0.6 is 0 Å². The summed E-state index contributed by atoms with van der Waals surface area (Å²) in [5.74, 6) is 0. The van der Waals surface area contributed by atoms with E-state index in [1.807, 2.05) is 0 Å². The van der Waals surface area contributed by atoms with Gasteiger partial charge in [0.05, 0.1) is 28.6 Å². The minimum atomic E-state index is -4.81. The summed E-state index contributed by atoms with van der Waals surface area (Å²) in [5.41, 5.74) is -1.23. The summed E-state index contributed by atoms with van der Waals surface area (Å²) in [7, 11) is -8.15. The molecule has 0 aliphatic carbocycles. The smallest absolute Gasteiger partial charge is 0.311 e. The molecule has 0 radical (unpaired) electrons. The maximum absolute atomic E-state index is 13.2. The van der Waals surface area contributed by atoms with E-state index in [1.54, 1.807) is 0 Å². The Bertz CT molecular complexity index is 821. The molecule has 142 valence electrons. The minimum absolute atomic E-state index is 0.110. The lowest BCUT2D eigenvalue weighted by atomic mass is 10.1. The SMILES string of the molecule is CS(=O)(=O)OCC1NCCCC1S(=O)(=O)c1ccccc1C(F)(F)F. The topological polar surface area (TPSA) is 89.5 Å². The van der Waals surface area contributed by atoms with Crippen LogP contribution in [0.5, 0.6) is 0 Å². The third-order valence-electron chi connectivity index (χ3n) is 3.88. The molecule has 6 nitrogen and oxygen atoms in total. The lowest BCUT2D eigenvalue weighted by Crippen LogP contribution is -2.51. The number of sulfone groups is 1. The molecule has 0 aromatic heterocycles. The molecule has 0 spiro atoms. The molecule has 2 rings (SSSR count). The molecule has 1 N–H and O–H groups in total. The van der Waals surface area contributed by atoms with Crippen molar-refractivity contribution in [1.29, 1.82) is 0 Å². The van der Waals surface area contributed by atoms with E-state index >= 15 is 0 Å². The van der Waals surface area contributed by atoms with Crippen LogP contribution < -0.4 is 5.32 Å². The van der Waals surface area contributed by atoms with E-state index in [9.17, 15) is 30.0 Å². The van der Waals surface area contributed by atoms with Gasteiger partial charge in [-0.3, -0.25) is 4.18 Å². The van der Waals surface area contributed by atoms with Crippen LogP contribution in [-0.2, 0) is 30.3 Å². The number of hydrogen-bond acceptors (Lipinski definition) is 6. The van der Waals surface area contributed by atoms with Crippen LogP contribution in [0.3, 0.4) is 0 Å². The standard InChI is InChI=1S/C14H18F3NO5S2/c1-24(19,20)23-9-11-13(7-4-8-18-11)25(21,22)12-6-3-2-5-10(12)14(15,16)17/h2-3,5-6,11,13,18H,4,7-9H2,1H3. The van der Waals surface area contributed by atoms with Gasteiger partial charge in [0.25, 0.3) is 10.1 Å². The summed E-state index contributed by atoms with van der Waals surface area (Å²) in [4.78, 5) is -0.805. The number of alkyl halides is 3. The quantitative estimate of drug-likeness (QED) is 0.754. The van der Waals surface area contributed by atoms with Crippen LogP contribution in [0.25, 0.3) is 0 Å². The first-order valence-corrected chi connectivity index (χ1v) is 10.8. The van der Waals surface area contributed by atoms with E-state index in [1.165, 1.54) is 6.07 Å². The van der Waals surface area contributed by atoms with Gasteiger partial charge in [0.2, 0.25) is 0 Å². The number of benzene rings is 1. The highest BCUT2D eigenvalue weighted by molar-refractivity contribution is 7.92. The molecule has 2 atom stereocenters. The first-order valence-electron chi connectivity index (χ1n) is 7.41. The normalized spacial score (nSPS) is 22.7. The number of rotatable bonds is 5. The van der Waals surface area contributed by atoms with Gasteiger partial charge in [-0.05, 0) is 31.5 Å². The molecule has 1 aliphatic heterocycles. The molecular formula is C14H18F3NO5S2. The maximum Gasteiger partial charge on any atom is 0.417 e. The van der Waals surface area contributed by atoms with Crippen LogP contribution in [0.1, 0.15) is 18.4 Å². The second-order valence-corrected chi connectivity index (χ2v) is 9.55. The molecule has 1 aromatic carbocycles. The largest absolute Gasteiger partial charge is 0.417 e. The van der Waals surface area contributed by atoms with Crippen molar-refractivity contribution in [2.45, 2.75) is 35.2 Å². The highest BCUT2D eigenvalue weighted by Gasteiger charge is 2.42. The molecule has 1 fully saturated rings. The summed E-state index contributed by atoms with van der Waals surface area (Å²) in [6, 6.07) is 3.05. The van der Waals surface area contributed by atoms with Crippen LogP contribution in [0, 0.1) is 0 Å². The Kier molecular flexibility index (Phi) is 5.81. The fourth-order valence-corrected chi connectivity index (χ4v) is 5.33. The fourth-order valence-electron chi connectivity index (χ4n) is 2.77. The molecule has 1 aliphatic rings. The molecule has 25 heavy (non-hydrogen) atoms. The number of piperidine rings is 1. The van der Waals surface area contributed by atoms with Gasteiger partial charge in [-0.25, -0.2) is 8.42 Å². The van der Waals surface area contributed by atoms with Crippen molar-refractivity contribution in [3.8, 4) is 0 Å². The number of nitrogens with one attached hydrogen (secondary N) is 1. The van der Waals surface area contributed by atoms with Gasteiger partial charge in [0, 0.05) is 6.04 Å². The Balaban J connectivity index is 2.40. The molecule has 0 amide bonds. The maximum atomic E-state index is 13.2. The zero-order chi connectivity index (χ0) is 18.9. The van der Waals surface area contributed by atoms with E-state index in [4.69, 9.17) is 0 Å². The second kappa shape index (κ2) is 7.22. The van der Waals surface area contributed by atoms with E-state index in [-0.39, 0.29) is 6.42 Å². The van der Waals surface area contributed by atoms with Crippen molar-refractivity contribution in [2.24, 2.45) is 0 Å². The van der Waals surface area contributed by atoms with Crippen LogP contribution in [0.4, 0.5) is 13.2 Å². The van der Waals surface area contributed by atoms with E-state index in [2.05, 4.69) is 9.50 Å². The lowest BCUT2D eigenvalue weighted by Gasteiger charge is -2.32. The Labute approximate surface area is 144 Å². The van der Waals surface area contributed by atoms with Crippen molar-refractivity contribution < 1.29 is 34.2 Å². The molecule has 0 saturated carbocycles. The first kappa shape index (κ1) is 20.1. The van der Waals surface area contributed by atoms with Gasteiger partial charge in [-0.2, -0.15) is 21.6 Å². The van der Waals surface area contributed by atoms with Crippen molar-refractivity contribution in [3.05, 3.63) is 29.8 Å². The zero-order valence-corrected chi connectivity index (χ0v) is 14.9. The highest BCUT2D eigenvalue weighted by Crippen LogP contribution is 2.36. The molecule has 11 heteroatoms. The van der Waals surface area contributed by atoms with Crippen molar-refractivity contribution in [1.82, 2.24) is 5.32 Å². The Morgan fingerprint density at radius 2 is 1.84 bits per heavy atom. The van der Waals surface area contributed by atoms with E-state index < -0.39 is 54.5 Å². The van der Waals surface area contributed by atoms with Crippen molar-refractivity contribution in [3.63, 3.8) is 0 Å². The molecule has 1 heterocycles. The summed E-state index contributed by atoms with van der Waals surface area (Å²) < 4.78 is 92.1. The summed E-state index contributed by atoms with van der Waals surface area (Å²) in [6.45, 7) is -0.0400. The Morgan fingerprint density at radius 1 is 1.20 bits per heavy atom. The Hall–Kier alpha value is -1.17. The van der Waals surface area contributed by atoms with Crippen LogP contribution in [-0.4, -0.2) is 47.5 Å². The minimum Gasteiger partial charge on any atom is -0.311 e. The Morgan fingerprint density at radius 3 is 2.44 bits per heavy atom. The summed E-state index contributed by atoms with van der Waals surface area (Å²) in [6.07, 6.45) is -3.45. The van der Waals surface area contributed by atoms with Gasteiger partial charge in [0.1, 0.15) is 0 Å². The summed E-state index contributed by atoms with van der Waals surface area (Å²) in [5, 5.41) is 1.61. The fraction of sp³-hybridized carbons (Fsp3) is 0.571. The lowest BCUT2D eigenvalue weighted by molar-refractivity contribution is -0.139. The predicted molar refractivity (Wildman–Crippen MR) is 84.2 cm³/mol. The average molecular weight is 401 g/mol. The number of hydrogen-bond donors (Lipinski definition) is 1. The molecule has 0 bridgehead atoms. The van der Waals surface area contributed by atoms with Gasteiger partial charge in [-0.1, -0.05) is 12.1 Å². The van der Waals surface area contributed by atoms with Crippen molar-refractivity contribution in [2.75, 3.05) is 19.4 Å². The molecule has 2 unspecified atom stereocenters. The molecule has 1 aromatic rings. The van der Waals surface area contributed by atoms with Crippen LogP contribution in [0.2, 0.25) is 0 Å². The van der Waals surface area contributed by atoms with E-state index in [0.717, 1.165) is 18.4 Å². The summed E-state index contributed by atoms with van der Waals surface area (Å²) >= 11 is 0. The van der Waals surface area contributed by atoms with E-state index in [0.29, 0.717) is 19.0 Å². The second-order valence-electron chi connectivity index (χ2n) is 5.77. The third-order valence-corrected chi connectivity index (χ3v) is 6.77. The van der Waals surface area contributed by atoms with Gasteiger partial charge in [-0.15, -0.1) is 0 Å². The molecular weight excluding hydrogens is 383 g/mol. The zero-order valence-electron chi connectivity index (χ0n) is 13.3. The number of halogens is 3. The van der Waals surface area contributed by atoms with Crippen molar-refractivity contribution >= 4 is 20.0 Å².